The molecule has 1 aromatic heterocycles. The van der Waals surface area contributed by atoms with Crippen LogP contribution in [0.15, 0.2) is 35.5 Å². The van der Waals surface area contributed by atoms with Crippen molar-refractivity contribution in [2.75, 3.05) is 30.8 Å². The highest BCUT2D eigenvalue weighted by molar-refractivity contribution is 7.90. The van der Waals surface area contributed by atoms with Crippen LogP contribution >= 0.6 is 0 Å². The monoisotopic (exact) mass is 346 g/mol. The van der Waals surface area contributed by atoms with Crippen LogP contribution in [0, 0.1) is 0 Å². The molecule has 2 aromatic rings. The maximum atomic E-state index is 11.7. The van der Waals surface area contributed by atoms with Gasteiger partial charge in [0.2, 0.25) is 5.88 Å². The summed E-state index contributed by atoms with van der Waals surface area (Å²) in [6, 6.07) is 7.07. The molecule has 1 saturated heterocycles. The van der Waals surface area contributed by atoms with Crippen molar-refractivity contribution < 1.29 is 13.2 Å². The molecule has 0 radical (unpaired) electrons. The number of hydrogen-bond acceptors (Lipinski definition) is 7. The zero-order valence-electron chi connectivity index (χ0n) is 13.3. The Labute approximate surface area is 140 Å². The highest BCUT2D eigenvalue weighted by atomic mass is 32.2. The van der Waals surface area contributed by atoms with E-state index in [0.717, 1.165) is 43.1 Å². The lowest BCUT2D eigenvalue weighted by Crippen LogP contribution is -2.50. The average Bonchev–Trinajstić information content (AvgIpc) is 2.93. The predicted molar refractivity (Wildman–Crippen MR) is 89.6 cm³/mol. The van der Waals surface area contributed by atoms with Crippen molar-refractivity contribution >= 4 is 21.3 Å². The molecule has 0 atom stereocenters. The second kappa shape index (κ2) is 5.71. The van der Waals surface area contributed by atoms with Gasteiger partial charge in [-0.2, -0.15) is 0 Å². The van der Waals surface area contributed by atoms with E-state index < -0.39 is 9.84 Å². The zero-order valence-corrected chi connectivity index (χ0v) is 14.1. The van der Waals surface area contributed by atoms with Crippen LogP contribution in [0.5, 0.6) is 5.88 Å². The lowest BCUT2D eigenvalue weighted by molar-refractivity contribution is 0.136. The van der Waals surface area contributed by atoms with Crippen LogP contribution in [-0.4, -0.2) is 50.4 Å². The molecule has 24 heavy (non-hydrogen) atoms. The quantitative estimate of drug-likeness (QED) is 0.881. The molecule has 0 aliphatic carbocycles. The summed E-state index contributed by atoms with van der Waals surface area (Å²) in [5.74, 6) is 1.32. The van der Waals surface area contributed by atoms with E-state index in [0.29, 0.717) is 10.8 Å². The first-order valence-corrected chi connectivity index (χ1v) is 9.70. The number of fused-ring (bicyclic) bond motifs is 1. The van der Waals surface area contributed by atoms with E-state index in [9.17, 15) is 8.42 Å². The van der Waals surface area contributed by atoms with Crippen molar-refractivity contribution in [3.63, 3.8) is 0 Å². The average molecular weight is 346 g/mol. The molecule has 1 fully saturated rings. The van der Waals surface area contributed by atoms with Gasteiger partial charge in [-0.15, -0.1) is 0 Å². The first kappa shape index (κ1) is 15.3. The number of sulfone groups is 1. The molecule has 0 spiro atoms. The Morgan fingerprint density at radius 2 is 2.08 bits per heavy atom. The minimum absolute atomic E-state index is 0.163. The minimum Gasteiger partial charge on any atom is -0.472 e. The highest BCUT2D eigenvalue weighted by Crippen LogP contribution is 2.35. The van der Waals surface area contributed by atoms with Crippen LogP contribution in [0.2, 0.25) is 0 Å². The van der Waals surface area contributed by atoms with Crippen LogP contribution in [0.25, 0.3) is 0 Å². The molecule has 3 heterocycles. The number of nitrogens with zero attached hydrogens (tertiary/aromatic N) is 3. The maximum Gasteiger partial charge on any atom is 0.218 e. The Morgan fingerprint density at radius 3 is 2.79 bits per heavy atom. The molecule has 0 amide bonds. The van der Waals surface area contributed by atoms with E-state index in [1.165, 1.54) is 12.6 Å². The van der Waals surface area contributed by atoms with Gasteiger partial charge in [0, 0.05) is 37.6 Å². The molecule has 7 nitrogen and oxygen atoms in total. The van der Waals surface area contributed by atoms with Gasteiger partial charge in [-0.05, 0) is 30.2 Å². The van der Waals surface area contributed by atoms with Gasteiger partial charge in [0.1, 0.15) is 18.2 Å². The normalized spacial score (nSPS) is 17.5. The third-order valence-corrected chi connectivity index (χ3v) is 5.42. The van der Waals surface area contributed by atoms with Gasteiger partial charge >= 0.3 is 0 Å². The molecular formula is C16H18N4O3S. The third kappa shape index (κ3) is 2.83. The lowest BCUT2D eigenvalue weighted by atomic mass is 10.2. The molecule has 126 valence electrons. The maximum absolute atomic E-state index is 11.7. The van der Waals surface area contributed by atoms with Crippen LogP contribution < -0.4 is 15.0 Å². The standard InChI is InChI=1S/C16H18N4O3S/c1-24(21,22)13-2-3-14-11(6-13)4-5-20(14)15-7-16(19-10-18-15)23-12-8-17-9-12/h2-3,6-7,10,12,17H,4-5,8-9H2,1H3. The number of hydrogen-bond donors (Lipinski definition) is 1. The molecule has 2 aliphatic heterocycles. The van der Waals surface area contributed by atoms with Crippen molar-refractivity contribution in [3.8, 4) is 5.88 Å². The molecule has 1 N–H and O–H groups in total. The van der Waals surface area contributed by atoms with E-state index in [1.807, 2.05) is 12.1 Å². The van der Waals surface area contributed by atoms with Gasteiger partial charge in [-0.1, -0.05) is 0 Å². The summed E-state index contributed by atoms with van der Waals surface area (Å²) < 4.78 is 29.2. The number of ether oxygens (including phenoxy) is 1. The predicted octanol–water partition coefficient (Wildman–Crippen LogP) is 0.925. The van der Waals surface area contributed by atoms with Crippen LogP contribution in [0.1, 0.15) is 5.56 Å². The summed E-state index contributed by atoms with van der Waals surface area (Å²) in [6.45, 7) is 2.42. The van der Waals surface area contributed by atoms with E-state index in [4.69, 9.17) is 4.74 Å². The Hall–Kier alpha value is -2.19. The molecule has 4 rings (SSSR count). The van der Waals surface area contributed by atoms with Crippen molar-refractivity contribution in [1.29, 1.82) is 0 Å². The molecule has 1 aromatic carbocycles. The van der Waals surface area contributed by atoms with E-state index >= 15 is 0 Å². The summed E-state index contributed by atoms with van der Waals surface area (Å²) in [7, 11) is -3.19. The zero-order chi connectivity index (χ0) is 16.7. The van der Waals surface area contributed by atoms with Crippen molar-refractivity contribution in [2.24, 2.45) is 0 Å². The summed E-state index contributed by atoms with van der Waals surface area (Å²) >= 11 is 0. The van der Waals surface area contributed by atoms with Gasteiger partial charge in [0.25, 0.3) is 0 Å². The van der Waals surface area contributed by atoms with Gasteiger partial charge in [0.15, 0.2) is 9.84 Å². The van der Waals surface area contributed by atoms with Gasteiger partial charge in [-0.3, -0.25) is 0 Å². The van der Waals surface area contributed by atoms with Crippen LogP contribution in [-0.2, 0) is 16.3 Å². The second-order valence-corrected chi connectivity index (χ2v) is 8.09. The largest absolute Gasteiger partial charge is 0.472 e. The molecule has 0 saturated carbocycles. The minimum atomic E-state index is -3.19. The van der Waals surface area contributed by atoms with Gasteiger partial charge in [0.05, 0.1) is 4.90 Å². The smallest absolute Gasteiger partial charge is 0.218 e. The second-order valence-electron chi connectivity index (χ2n) is 6.08. The Kier molecular flexibility index (Phi) is 3.65. The molecule has 0 unspecified atom stereocenters. The van der Waals surface area contributed by atoms with Crippen molar-refractivity contribution in [3.05, 3.63) is 36.2 Å². The molecule has 2 aliphatic rings. The molecule has 0 bridgehead atoms. The van der Waals surface area contributed by atoms with Crippen LogP contribution in [0.3, 0.4) is 0 Å². The Morgan fingerprint density at radius 1 is 1.25 bits per heavy atom. The number of rotatable bonds is 4. The topological polar surface area (TPSA) is 84.4 Å². The first-order valence-electron chi connectivity index (χ1n) is 7.81. The third-order valence-electron chi connectivity index (χ3n) is 4.31. The summed E-state index contributed by atoms with van der Waals surface area (Å²) in [6.07, 6.45) is 3.67. The summed E-state index contributed by atoms with van der Waals surface area (Å²) in [4.78, 5) is 10.9. The van der Waals surface area contributed by atoms with E-state index in [-0.39, 0.29) is 6.10 Å². The van der Waals surface area contributed by atoms with Crippen molar-refractivity contribution in [1.82, 2.24) is 15.3 Å². The van der Waals surface area contributed by atoms with Crippen LogP contribution in [0.4, 0.5) is 11.5 Å². The Balaban J connectivity index is 1.62. The van der Waals surface area contributed by atoms with Gasteiger partial charge in [-0.25, -0.2) is 18.4 Å². The number of aromatic nitrogens is 2. The van der Waals surface area contributed by atoms with E-state index in [1.54, 1.807) is 12.1 Å². The highest BCUT2D eigenvalue weighted by Gasteiger charge is 2.24. The SMILES string of the molecule is CS(=O)(=O)c1ccc2c(c1)CCN2c1cc(OC2CNC2)ncn1. The summed E-state index contributed by atoms with van der Waals surface area (Å²) in [5, 5.41) is 3.15. The van der Waals surface area contributed by atoms with Crippen molar-refractivity contribution in [2.45, 2.75) is 17.4 Å². The number of nitrogens with one attached hydrogen (secondary N) is 1. The lowest BCUT2D eigenvalue weighted by Gasteiger charge is -2.27. The molecular weight excluding hydrogens is 328 g/mol. The fraction of sp³-hybridized carbons (Fsp3) is 0.375. The fourth-order valence-electron chi connectivity index (χ4n) is 2.90. The van der Waals surface area contributed by atoms with Gasteiger partial charge < -0.3 is 15.0 Å². The number of anilines is 2. The summed E-state index contributed by atoms with van der Waals surface area (Å²) in [5.41, 5.74) is 2.00. The fourth-order valence-corrected chi connectivity index (χ4v) is 3.58. The number of benzene rings is 1. The van der Waals surface area contributed by atoms with E-state index in [2.05, 4.69) is 20.2 Å². The first-order chi connectivity index (χ1) is 11.5. The molecule has 8 heteroatoms. The Bertz CT molecular complexity index is 881.